The second kappa shape index (κ2) is 6.92. The van der Waals surface area contributed by atoms with Gasteiger partial charge in [-0.3, -0.25) is 9.59 Å². The van der Waals surface area contributed by atoms with Crippen molar-refractivity contribution in [1.29, 1.82) is 0 Å². The van der Waals surface area contributed by atoms with Gasteiger partial charge >= 0.3 is 5.97 Å². The summed E-state index contributed by atoms with van der Waals surface area (Å²) in [5.41, 5.74) is 3.24. The molecule has 1 aromatic rings. The predicted octanol–water partition coefficient (Wildman–Crippen LogP) is 2.17. The summed E-state index contributed by atoms with van der Waals surface area (Å²) in [6.07, 6.45) is 0.332. The van der Waals surface area contributed by atoms with Gasteiger partial charge in [-0.2, -0.15) is 0 Å². The summed E-state index contributed by atoms with van der Waals surface area (Å²) in [5, 5.41) is 8.68. The van der Waals surface area contributed by atoms with Crippen LogP contribution in [0.3, 0.4) is 0 Å². The first-order chi connectivity index (χ1) is 8.95. The highest BCUT2D eigenvalue weighted by atomic mass is 16.4. The van der Waals surface area contributed by atoms with E-state index in [0.717, 1.165) is 16.7 Å². The van der Waals surface area contributed by atoms with Crippen molar-refractivity contribution in [3.63, 3.8) is 0 Å². The minimum atomic E-state index is -0.877. The molecule has 0 heterocycles. The van der Waals surface area contributed by atoms with E-state index in [1.165, 1.54) is 0 Å². The van der Waals surface area contributed by atoms with E-state index in [1.807, 2.05) is 39.0 Å². The molecule has 1 N–H and O–H groups in total. The summed E-state index contributed by atoms with van der Waals surface area (Å²) in [6, 6.07) is 5.95. The Labute approximate surface area is 114 Å². The topological polar surface area (TPSA) is 57.6 Å². The van der Waals surface area contributed by atoms with Crippen molar-refractivity contribution in [3.05, 3.63) is 34.9 Å². The number of aryl methyl sites for hydroxylation is 2. The quantitative estimate of drug-likeness (QED) is 0.855. The Morgan fingerprint density at radius 2 is 1.79 bits per heavy atom. The van der Waals surface area contributed by atoms with Crippen molar-refractivity contribution in [2.45, 2.75) is 33.6 Å². The Morgan fingerprint density at radius 3 is 2.26 bits per heavy atom. The number of benzene rings is 1. The fraction of sp³-hybridized carbons (Fsp3) is 0.467. The molecule has 0 saturated heterocycles. The molecule has 0 aliphatic heterocycles. The van der Waals surface area contributed by atoms with E-state index in [-0.39, 0.29) is 18.9 Å². The van der Waals surface area contributed by atoms with Gasteiger partial charge in [0.25, 0.3) is 0 Å². The van der Waals surface area contributed by atoms with Crippen molar-refractivity contribution < 1.29 is 14.7 Å². The van der Waals surface area contributed by atoms with Crippen LogP contribution in [0, 0.1) is 13.8 Å². The summed E-state index contributed by atoms with van der Waals surface area (Å²) in [4.78, 5) is 24.4. The fourth-order valence-electron chi connectivity index (χ4n) is 2.08. The summed E-state index contributed by atoms with van der Waals surface area (Å²) >= 11 is 0. The summed E-state index contributed by atoms with van der Waals surface area (Å²) < 4.78 is 0. The first-order valence-corrected chi connectivity index (χ1v) is 6.50. The number of nitrogens with zero attached hydrogens (tertiary/aromatic N) is 1. The van der Waals surface area contributed by atoms with E-state index < -0.39 is 5.97 Å². The Morgan fingerprint density at radius 1 is 1.21 bits per heavy atom. The second-order valence-corrected chi connectivity index (χ2v) is 4.66. The lowest BCUT2D eigenvalue weighted by Gasteiger charge is -2.21. The van der Waals surface area contributed by atoms with Crippen LogP contribution in [0.4, 0.5) is 0 Å². The van der Waals surface area contributed by atoms with E-state index in [4.69, 9.17) is 5.11 Å². The van der Waals surface area contributed by atoms with Crippen LogP contribution in [0.25, 0.3) is 0 Å². The third-order valence-electron chi connectivity index (χ3n) is 3.30. The monoisotopic (exact) mass is 263 g/mol. The minimum absolute atomic E-state index is 0.00761. The van der Waals surface area contributed by atoms with E-state index in [0.29, 0.717) is 13.0 Å². The average molecular weight is 263 g/mol. The normalized spacial score (nSPS) is 10.3. The van der Waals surface area contributed by atoms with Gasteiger partial charge in [-0.05, 0) is 37.5 Å². The fourth-order valence-corrected chi connectivity index (χ4v) is 2.08. The highest BCUT2D eigenvalue weighted by molar-refractivity contribution is 5.80. The molecule has 0 aromatic heterocycles. The lowest BCUT2D eigenvalue weighted by atomic mass is 9.99. The van der Waals surface area contributed by atoms with Gasteiger partial charge in [0.2, 0.25) is 5.91 Å². The van der Waals surface area contributed by atoms with E-state index in [9.17, 15) is 9.59 Å². The van der Waals surface area contributed by atoms with Crippen LogP contribution in [0.15, 0.2) is 18.2 Å². The van der Waals surface area contributed by atoms with Crippen molar-refractivity contribution in [2.75, 3.05) is 13.1 Å². The van der Waals surface area contributed by atoms with Crippen LogP contribution in [0.5, 0.6) is 0 Å². The molecule has 0 fully saturated rings. The standard InChI is InChI=1S/C15H21NO3/c1-4-16(9-8-15(18)19)14(17)10-13-11(2)6-5-7-12(13)3/h5-7H,4,8-10H2,1-3H3,(H,18,19). The lowest BCUT2D eigenvalue weighted by Crippen LogP contribution is -2.34. The highest BCUT2D eigenvalue weighted by Crippen LogP contribution is 2.15. The molecule has 0 saturated carbocycles. The van der Waals surface area contributed by atoms with Gasteiger partial charge in [-0.15, -0.1) is 0 Å². The highest BCUT2D eigenvalue weighted by Gasteiger charge is 2.15. The van der Waals surface area contributed by atoms with Gasteiger partial charge < -0.3 is 10.0 Å². The van der Waals surface area contributed by atoms with E-state index in [1.54, 1.807) is 4.90 Å². The number of carboxylic acids is 1. The Balaban J connectivity index is 2.74. The Bertz CT molecular complexity index is 448. The number of carboxylic acid groups (broad SMARTS) is 1. The number of rotatable bonds is 6. The maximum Gasteiger partial charge on any atom is 0.305 e. The first-order valence-electron chi connectivity index (χ1n) is 6.50. The van der Waals surface area contributed by atoms with Gasteiger partial charge in [-0.25, -0.2) is 0 Å². The van der Waals surface area contributed by atoms with Gasteiger partial charge in [0, 0.05) is 13.1 Å². The van der Waals surface area contributed by atoms with Crippen molar-refractivity contribution in [3.8, 4) is 0 Å². The van der Waals surface area contributed by atoms with E-state index >= 15 is 0 Å². The number of aliphatic carboxylic acids is 1. The third kappa shape index (κ3) is 4.39. The number of hydrogen-bond donors (Lipinski definition) is 1. The van der Waals surface area contributed by atoms with Gasteiger partial charge in [-0.1, -0.05) is 18.2 Å². The van der Waals surface area contributed by atoms with Crippen molar-refractivity contribution in [1.82, 2.24) is 4.90 Å². The van der Waals surface area contributed by atoms with Crippen LogP contribution in [-0.2, 0) is 16.0 Å². The zero-order valence-corrected chi connectivity index (χ0v) is 11.8. The predicted molar refractivity (Wildman–Crippen MR) is 74.1 cm³/mol. The molecule has 0 bridgehead atoms. The number of amides is 1. The number of hydrogen-bond acceptors (Lipinski definition) is 2. The third-order valence-corrected chi connectivity index (χ3v) is 3.30. The van der Waals surface area contributed by atoms with Gasteiger partial charge in [0.15, 0.2) is 0 Å². The lowest BCUT2D eigenvalue weighted by molar-refractivity contribution is -0.138. The van der Waals surface area contributed by atoms with Crippen molar-refractivity contribution >= 4 is 11.9 Å². The number of likely N-dealkylation sites (N-methyl/N-ethyl adjacent to an activating group) is 1. The van der Waals surface area contributed by atoms with Crippen LogP contribution >= 0.6 is 0 Å². The van der Waals surface area contributed by atoms with Gasteiger partial charge in [0.1, 0.15) is 0 Å². The molecule has 1 rings (SSSR count). The number of carbonyl (C=O) groups is 2. The molecule has 104 valence electrons. The van der Waals surface area contributed by atoms with Crippen LogP contribution in [0.2, 0.25) is 0 Å². The average Bonchev–Trinajstić information content (AvgIpc) is 2.34. The SMILES string of the molecule is CCN(CCC(=O)O)C(=O)Cc1c(C)cccc1C. The van der Waals surface area contributed by atoms with Crippen molar-refractivity contribution in [2.24, 2.45) is 0 Å². The molecule has 0 radical (unpaired) electrons. The molecule has 4 nitrogen and oxygen atoms in total. The maximum atomic E-state index is 12.2. The first kappa shape index (κ1) is 15.2. The molecule has 19 heavy (non-hydrogen) atoms. The smallest absolute Gasteiger partial charge is 0.305 e. The molecule has 0 atom stereocenters. The summed E-state index contributed by atoms with van der Waals surface area (Å²) in [7, 11) is 0. The molecule has 0 aliphatic rings. The molecule has 0 spiro atoms. The van der Waals surface area contributed by atoms with Crippen LogP contribution < -0.4 is 0 Å². The second-order valence-electron chi connectivity index (χ2n) is 4.66. The Hall–Kier alpha value is -1.84. The molecular weight excluding hydrogens is 242 g/mol. The summed E-state index contributed by atoms with van der Waals surface area (Å²) in [6.45, 7) is 6.66. The molecule has 1 aromatic carbocycles. The van der Waals surface area contributed by atoms with Crippen LogP contribution in [0.1, 0.15) is 30.0 Å². The largest absolute Gasteiger partial charge is 0.481 e. The van der Waals surface area contributed by atoms with E-state index in [2.05, 4.69) is 0 Å². The zero-order chi connectivity index (χ0) is 14.4. The number of carbonyl (C=O) groups excluding carboxylic acids is 1. The Kier molecular flexibility index (Phi) is 5.55. The van der Waals surface area contributed by atoms with Crippen LogP contribution in [-0.4, -0.2) is 35.0 Å². The molecule has 1 amide bonds. The summed E-state index contributed by atoms with van der Waals surface area (Å²) in [5.74, 6) is -0.889. The maximum absolute atomic E-state index is 12.2. The van der Waals surface area contributed by atoms with Gasteiger partial charge in [0.05, 0.1) is 12.8 Å². The molecule has 0 aliphatic carbocycles. The zero-order valence-electron chi connectivity index (χ0n) is 11.8. The molecular formula is C15H21NO3. The minimum Gasteiger partial charge on any atom is -0.481 e. The molecule has 4 heteroatoms. The molecule has 0 unspecified atom stereocenters.